The highest BCUT2D eigenvalue weighted by molar-refractivity contribution is 7.84. The summed E-state index contributed by atoms with van der Waals surface area (Å²) in [7, 11) is -0.702. The Balaban J connectivity index is 1.83. The van der Waals surface area contributed by atoms with Crippen LogP contribution in [0.3, 0.4) is 0 Å². The Kier molecular flexibility index (Phi) is 4.51. The molecule has 1 unspecified atom stereocenters. The van der Waals surface area contributed by atoms with E-state index < -0.39 is 10.8 Å². The summed E-state index contributed by atoms with van der Waals surface area (Å²) in [5.74, 6) is 0.767. The predicted molar refractivity (Wildman–Crippen MR) is 89.1 cm³/mol. The Morgan fingerprint density at radius 2 is 1.62 bits per heavy atom. The standard InChI is InChI=1S/C18H21NOS/c1-21(20)12-6-11-19-18-16-9-4-2-7-14(16)13-15-8-3-5-10-17(15)18/h2-5,7-10,18-19H,6,11-13H2,1H3. The molecule has 0 saturated carbocycles. The number of hydrogen-bond acceptors (Lipinski definition) is 2. The van der Waals surface area contributed by atoms with Crippen LogP contribution in [-0.2, 0) is 17.2 Å². The molecule has 3 heteroatoms. The molecule has 1 atom stereocenters. The van der Waals surface area contributed by atoms with Crippen molar-refractivity contribution in [3.8, 4) is 0 Å². The Hall–Kier alpha value is -1.45. The summed E-state index contributed by atoms with van der Waals surface area (Å²) in [5, 5.41) is 3.65. The normalized spacial score (nSPS) is 15.3. The van der Waals surface area contributed by atoms with Gasteiger partial charge in [-0.3, -0.25) is 4.21 Å². The maximum atomic E-state index is 11.2. The van der Waals surface area contributed by atoms with Crippen molar-refractivity contribution in [2.45, 2.75) is 18.9 Å². The van der Waals surface area contributed by atoms with Crippen molar-refractivity contribution in [2.75, 3.05) is 18.6 Å². The molecule has 0 heterocycles. The van der Waals surface area contributed by atoms with Crippen LogP contribution in [0.15, 0.2) is 48.5 Å². The lowest BCUT2D eigenvalue weighted by Crippen LogP contribution is -2.28. The lowest BCUT2D eigenvalue weighted by molar-refractivity contribution is 0.583. The van der Waals surface area contributed by atoms with E-state index in [1.807, 2.05) is 0 Å². The number of hydrogen-bond donors (Lipinski definition) is 1. The summed E-state index contributed by atoms with van der Waals surface area (Å²) in [6.07, 6.45) is 3.73. The van der Waals surface area contributed by atoms with E-state index in [1.165, 1.54) is 22.3 Å². The Morgan fingerprint density at radius 1 is 1.05 bits per heavy atom. The number of rotatable bonds is 5. The minimum absolute atomic E-state index is 0.261. The number of benzene rings is 2. The molecule has 0 saturated heterocycles. The van der Waals surface area contributed by atoms with Gasteiger partial charge in [-0.25, -0.2) is 0 Å². The van der Waals surface area contributed by atoms with Gasteiger partial charge in [0.05, 0.1) is 6.04 Å². The van der Waals surface area contributed by atoms with Crippen molar-refractivity contribution in [3.63, 3.8) is 0 Å². The molecule has 21 heavy (non-hydrogen) atoms. The highest BCUT2D eigenvalue weighted by Gasteiger charge is 2.24. The molecule has 1 N–H and O–H groups in total. The van der Waals surface area contributed by atoms with Crippen LogP contribution in [0, 0.1) is 0 Å². The minimum atomic E-state index is -0.702. The molecular weight excluding hydrogens is 278 g/mol. The van der Waals surface area contributed by atoms with E-state index in [0.29, 0.717) is 0 Å². The maximum Gasteiger partial charge on any atom is 0.0582 e. The van der Waals surface area contributed by atoms with E-state index in [2.05, 4.69) is 53.8 Å². The summed E-state index contributed by atoms with van der Waals surface area (Å²) in [6.45, 7) is 0.896. The minimum Gasteiger partial charge on any atom is -0.306 e. The van der Waals surface area contributed by atoms with E-state index in [0.717, 1.165) is 25.1 Å². The summed E-state index contributed by atoms with van der Waals surface area (Å²) in [6, 6.07) is 17.6. The maximum absolute atomic E-state index is 11.2. The average molecular weight is 299 g/mol. The quantitative estimate of drug-likeness (QED) is 0.860. The van der Waals surface area contributed by atoms with E-state index in [4.69, 9.17) is 0 Å². The second kappa shape index (κ2) is 6.54. The van der Waals surface area contributed by atoms with Gasteiger partial charge in [0.1, 0.15) is 0 Å². The second-order valence-corrected chi connectivity index (χ2v) is 7.15. The molecule has 0 amide bonds. The van der Waals surface area contributed by atoms with Gasteiger partial charge in [0.25, 0.3) is 0 Å². The molecule has 0 aromatic heterocycles. The third-order valence-electron chi connectivity index (χ3n) is 4.07. The van der Waals surface area contributed by atoms with Gasteiger partial charge < -0.3 is 5.32 Å². The molecule has 1 aliphatic carbocycles. The van der Waals surface area contributed by atoms with Gasteiger partial charge in [-0.15, -0.1) is 0 Å². The van der Waals surface area contributed by atoms with Crippen molar-refractivity contribution in [2.24, 2.45) is 0 Å². The van der Waals surface area contributed by atoms with E-state index in [9.17, 15) is 4.21 Å². The van der Waals surface area contributed by atoms with Crippen LogP contribution in [0.2, 0.25) is 0 Å². The topological polar surface area (TPSA) is 29.1 Å². The summed E-state index contributed by atoms with van der Waals surface area (Å²) >= 11 is 0. The van der Waals surface area contributed by atoms with Crippen molar-refractivity contribution in [1.82, 2.24) is 5.32 Å². The van der Waals surface area contributed by atoms with Gasteiger partial charge in [0.2, 0.25) is 0 Å². The van der Waals surface area contributed by atoms with Crippen molar-refractivity contribution in [3.05, 3.63) is 70.8 Å². The molecule has 2 nitrogen and oxygen atoms in total. The van der Waals surface area contributed by atoms with Gasteiger partial charge in [-0.05, 0) is 41.6 Å². The first kappa shape index (κ1) is 14.5. The number of nitrogens with one attached hydrogen (secondary N) is 1. The Morgan fingerprint density at radius 3 is 2.19 bits per heavy atom. The van der Waals surface area contributed by atoms with Crippen LogP contribution in [0.4, 0.5) is 0 Å². The third kappa shape index (κ3) is 3.25. The molecule has 3 rings (SSSR count). The molecule has 0 bridgehead atoms. The molecule has 0 radical (unpaired) electrons. The summed E-state index contributed by atoms with van der Waals surface area (Å²) in [5.41, 5.74) is 5.59. The molecule has 2 aromatic carbocycles. The largest absolute Gasteiger partial charge is 0.306 e. The van der Waals surface area contributed by atoms with Crippen LogP contribution in [-0.4, -0.2) is 22.8 Å². The summed E-state index contributed by atoms with van der Waals surface area (Å²) < 4.78 is 11.2. The zero-order valence-corrected chi connectivity index (χ0v) is 13.2. The van der Waals surface area contributed by atoms with Crippen LogP contribution < -0.4 is 5.32 Å². The molecule has 2 aromatic rings. The smallest absolute Gasteiger partial charge is 0.0582 e. The second-order valence-electron chi connectivity index (χ2n) is 5.59. The molecule has 1 aliphatic rings. The highest BCUT2D eigenvalue weighted by Crippen LogP contribution is 2.34. The Bertz CT molecular complexity index is 608. The van der Waals surface area contributed by atoms with Crippen LogP contribution in [0.25, 0.3) is 0 Å². The van der Waals surface area contributed by atoms with E-state index in [1.54, 1.807) is 6.26 Å². The lowest BCUT2D eigenvalue weighted by Gasteiger charge is -2.29. The van der Waals surface area contributed by atoms with Crippen LogP contribution >= 0.6 is 0 Å². The first-order valence-electron chi connectivity index (χ1n) is 7.44. The molecule has 0 aliphatic heterocycles. The van der Waals surface area contributed by atoms with E-state index in [-0.39, 0.29) is 6.04 Å². The van der Waals surface area contributed by atoms with Crippen molar-refractivity contribution < 1.29 is 4.21 Å². The molecule has 0 spiro atoms. The third-order valence-corrected chi connectivity index (χ3v) is 4.93. The molecule has 0 fully saturated rings. The zero-order valence-electron chi connectivity index (χ0n) is 12.3. The molecular formula is C18H21NOS. The van der Waals surface area contributed by atoms with Gasteiger partial charge in [-0.2, -0.15) is 0 Å². The van der Waals surface area contributed by atoms with E-state index >= 15 is 0 Å². The fraction of sp³-hybridized carbons (Fsp3) is 0.333. The first-order chi connectivity index (χ1) is 10.3. The first-order valence-corrected chi connectivity index (χ1v) is 9.17. The van der Waals surface area contributed by atoms with Gasteiger partial charge >= 0.3 is 0 Å². The van der Waals surface area contributed by atoms with Gasteiger partial charge in [0, 0.05) is 22.8 Å². The lowest BCUT2D eigenvalue weighted by atomic mass is 9.82. The SMILES string of the molecule is CS(=O)CCCNC1c2ccccc2Cc2ccccc21. The monoisotopic (exact) mass is 299 g/mol. The van der Waals surface area contributed by atoms with Gasteiger partial charge in [0.15, 0.2) is 0 Å². The molecule has 110 valence electrons. The predicted octanol–water partition coefficient (Wildman–Crippen LogP) is 3.04. The number of fused-ring (bicyclic) bond motifs is 2. The Labute approximate surface area is 129 Å². The average Bonchev–Trinajstić information content (AvgIpc) is 2.50. The van der Waals surface area contributed by atoms with Crippen LogP contribution in [0.5, 0.6) is 0 Å². The van der Waals surface area contributed by atoms with Gasteiger partial charge in [-0.1, -0.05) is 48.5 Å². The van der Waals surface area contributed by atoms with Crippen molar-refractivity contribution in [1.29, 1.82) is 0 Å². The zero-order chi connectivity index (χ0) is 14.7. The summed E-state index contributed by atoms with van der Waals surface area (Å²) in [4.78, 5) is 0. The van der Waals surface area contributed by atoms with Crippen molar-refractivity contribution >= 4 is 10.8 Å². The fourth-order valence-electron chi connectivity index (χ4n) is 3.07. The highest BCUT2D eigenvalue weighted by atomic mass is 32.2. The fourth-order valence-corrected chi connectivity index (χ4v) is 3.62. The van der Waals surface area contributed by atoms with Crippen LogP contribution in [0.1, 0.15) is 34.7 Å².